The van der Waals surface area contributed by atoms with Gasteiger partial charge in [0.25, 0.3) is 0 Å². The molecule has 5 heteroatoms. The Bertz CT molecular complexity index is 593. The fraction of sp³-hybridized carbons (Fsp3) is 0.357. The van der Waals surface area contributed by atoms with E-state index in [2.05, 4.69) is 5.32 Å². The molecular formula is C14H17N3O2. The molecule has 5 nitrogen and oxygen atoms in total. The summed E-state index contributed by atoms with van der Waals surface area (Å²) in [5, 5.41) is 4.06. The fourth-order valence-corrected chi connectivity index (χ4v) is 2.51. The molecule has 2 aromatic rings. The molecule has 1 aromatic carbocycles. The molecule has 2 amide bonds. The highest BCUT2D eigenvalue weighted by Gasteiger charge is 2.30. The maximum atomic E-state index is 11.9. The second-order valence-corrected chi connectivity index (χ2v) is 4.78. The van der Waals surface area contributed by atoms with Crippen LogP contribution in [-0.2, 0) is 0 Å². The van der Waals surface area contributed by atoms with Crippen molar-refractivity contribution in [1.29, 1.82) is 0 Å². The summed E-state index contributed by atoms with van der Waals surface area (Å²) in [5.41, 5.74) is 7.38. The number of nitrogens with one attached hydrogen (secondary N) is 1. The van der Waals surface area contributed by atoms with E-state index in [1.165, 1.54) is 0 Å². The second-order valence-electron chi connectivity index (χ2n) is 4.78. The minimum Gasteiger partial charge on any atom is -0.464 e. The van der Waals surface area contributed by atoms with Gasteiger partial charge in [0.1, 0.15) is 5.58 Å². The number of urea groups is 1. The number of fused-ring (bicyclic) bond motifs is 1. The normalized spacial score (nSPS) is 19.1. The molecule has 1 atom stereocenters. The zero-order chi connectivity index (χ0) is 13.2. The van der Waals surface area contributed by atoms with Crippen LogP contribution >= 0.6 is 0 Å². The first-order valence-corrected chi connectivity index (χ1v) is 6.51. The van der Waals surface area contributed by atoms with Crippen LogP contribution in [0.2, 0.25) is 0 Å². The van der Waals surface area contributed by atoms with E-state index in [9.17, 15) is 4.79 Å². The maximum absolute atomic E-state index is 11.9. The van der Waals surface area contributed by atoms with Gasteiger partial charge in [-0.15, -0.1) is 0 Å². The minimum absolute atomic E-state index is 0.00563. The number of para-hydroxylation sites is 1. The van der Waals surface area contributed by atoms with Crippen molar-refractivity contribution < 1.29 is 9.21 Å². The van der Waals surface area contributed by atoms with Crippen molar-refractivity contribution in [3.63, 3.8) is 0 Å². The van der Waals surface area contributed by atoms with Crippen LogP contribution in [0, 0.1) is 0 Å². The lowest BCUT2D eigenvalue weighted by atomic mass is 10.1. The molecule has 19 heavy (non-hydrogen) atoms. The van der Waals surface area contributed by atoms with Crippen LogP contribution in [0.25, 0.3) is 11.0 Å². The highest BCUT2D eigenvalue weighted by Crippen LogP contribution is 2.29. The molecule has 0 bridgehead atoms. The standard InChI is InChI=1S/C14H17N3O2/c15-6-3-7-17-8-12(16-14(17)18)11-9-19-13-5-2-1-4-10(11)13/h1-2,4-5,9,12H,3,6-8,15H2,(H,16,18). The lowest BCUT2D eigenvalue weighted by molar-refractivity contribution is 0.217. The average molecular weight is 259 g/mol. The van der Waals surface area contributed by atoms with Crippen molar-refractivity contribution in [3.8, 4) is 0 Å². The number of hydrogen-bond donors (Lipinski definition) is 2. The molecule has 1 aliphatic heterocycles. The van der Waals surface area contributed by atoms with E-state index in [4.69, 9.17) is 10.2 Å². The molecule has 1 saturated heterocycles. The molecule has 100 valence electrons. The zero-order valence-electron chi connectivity index (χ0n) is 10.6. The number of carbonyl (C=O) groups is 1. The van der Waals surface area contributed by atoms with Crippen molar-refractivity contribution in [2.24, 2.45) is 5.73 Å². The molecule has 1 unspecified atom stereocenters. The maximum Gasteiger partial charge on any atom is 0.318 e. The fourth-order valence-electron chi connectivity index (χ4n) is 2.51. The quantitative estimate of drug-likeness (QED) is 0.880. The van der Waals surface area contributed by atoms with Crippen molar-refractivity contribution in [2.45, 2.75) is 12.5 Å². The van der Waals surface area contributed by atoms with E-state index in [0.29, 0.717) is 19.6 Å². The SMILES string of the molecule is NCCCN1CC(c2coc3ccccc23)NC1=O. The van der Waals surface area contributed by atoms with Gasteiger partial charge in [-0.3, -0.25) is 0 Å². The molecule has 0 saturated carbocycles. The van der Waals surface area contributed by atoms with Crippen LogP contribution < -0.4 is 11.1 Å². The third-order valence-electron chi connectivity index (χ3n) is 3.51. The van der Waals surface area contributed by atoms with Crippen LogP contribution in [0.1, 0.15) is 18.0 Å². The van der Waals surface area contributed by atoms with E-state index in [-0.39, 0.29) is 12.1 Å². The molecular weight excluding hydrogens is 242 g/mol. The number of benzene rings is 1. The number of carbonyl (C=O) groups excluding carboxylic acids is 1. The number of furan rings is 1. The van der Waals surface area contributed by atoms with Gasteiger partial charge in [-0.25, -0.2) is 4.79 Å². The largest absolute Gasteiger partial charge is 0.464 e. The van der Waals surface area contributed by atoms with E-state index in [1.54, 1.807) is 11.2 Å². The number of hydrogen-bond acceptors (Lipinski definition) is 3. The summed E-state index contributed by atoms with van der Waals surface area (Å²) < 4.78 is 5.52. The molecule has 0 radical (unpaired) electrons. The first kappa shape index (κ1) is 12.0. The van der Waals surface area contributed by atoms with E-state index in [0.717, 1.165) is 23.0 Å². The Balaban J connectivity index is 1.82. The molecule has 0 spiro atoms. The number of amides is 2. The molecule has 3 rings (SSSR count). The van der Waals surface area contributed by atoms with Crippen LogP contribution in [0.3, 0.4) is 0 Å². The Morgan fingerprint density at radius 2 is 2.26 bits per heavy atom. The summed E-state index contributed by atoms with van der Waals surface area (Å²) in [7, 11) is 0. The van der Waals surface area contributed by atoms with Crippen molar-refractivity contribution >= 4 is 17.0 Å². The summed E-state index contributed by atoms with van der Waals surface area (Å²) in [4.78, 5) is 13.7. The van der Waals surface area contributed by atoms with Gasteiger partial charge in [0.2, 0.25) is 0 Å². The Morgan fingerprint density at radius 1 is 1.42 bits per heavy atom. The van der Waals surface area contributed by atoms with Crippen LogP contribution in [-0.4, -0.2) is 30.6 Å². The molecule has 1 fully saturated rings. The molecule has 1 aliphatic rings. The van der Waals surface area contributed by atoms with E-state index >= 15 is 0 Å². The van der Waals surface area contributed by atoms with Crippen LogP contribution in [0.5, 0.6) is 0 Å². The van der Waals surface area contributed by atoms with Gasteiger partial charge < -0.3 is 20.4 Å². The summed E-state index contributed by atoms with van der Waals surface area (Å²) in [6, 6.07) is 7.84. The Hall–Kier alpha value is -2.01. The lowest BCUT2D eigenvalue weighted by Crippen LogP contribution is -2.30. The topological polar surface area (TPSA) is 71.5 Å². The van der Waals surface area contributed by atoms with Gasteiger partial charge in [-0.2, -0.15) is 0 Å². The van der Waals surface area contributed by atoms with Gasteiger partial charge in [0.05, 0.1) is 12.3 Å². The van der Waals surface area contributed by atoms with Crippen molar-refractivity contribution in [1.82, 2.24) is 10.2 Å². The van der Waals surface area contributed by atoms with Gasteiger partial charge in [-0.05, 0) is 19.0 Å². The molecule has 3 N–H and O–H groups in total. The predicted octanol–water partition coefficient (Wildman–Crippen LogP) is 1.85. The average Bonchev–Trinajstić information content (AvgIpc) is 3.00. The van der Waals surface area contributed by atoms with Gasteiger partial charge in [0, 0.05) is 24.0 Å². The Labute approximate surface area is 111 Å². The predicted molar refractivity (Wildman–Crippen MR) is 72.7 cm³/mol. The lowest BCUT2D eigenvalue weighted by Gasteiger charge is -2.13. The monoisotopic (exact) mass is 259 g/mol. The second kappa shape index (κ2) is 4.93. The number of rotatable bonds is 4. The van der Waals surface area contributed by atoms with Crippen LogP contribution in [0.4, 0.5) is 4.79 Å². The highest BCUT2D eigenvalue weighted by molar-refractivity contribution is 5.84. The zero-order valence-corrected chi connectivity index (χ0v) is 10.6. The van der Waals surface area contributed by atoms with Crippen molar-refractivity contribution in [2.75, 3.05) is 19.6 Å². The third kappa shape index (κ3) is 2.17. The van der Waals surface area contributed by atoms with E-state index in [1.807, 2.05) is 24.3 Å². The van der Waals surface area contributed by atoms with Gasteiger partial charge in [-0.1, -0.05) is 18.2 Å². The van der Waals surface area contributed by atoms with Crippen molar-refractivity contribution in [3.05, 3.63) is 36.1 Å². The third-order valence-corrected chi connectivity index (χ3v) is 3.51. The van der Waals surface area contributed by atoms with E-state index < -0.39 is 0 Å². The van der Waals surface area contributed by atoms with Crippen LogP contribution in [0.15, 0.2) is 34.9 Å². The summed E-state index contributed by atoms with van der Waals surface area (Å²) in [6.07, 6.45) is 2.56. The summed E-state index contributed by atoms with van der Waals surface area (Å²) >= 11 is 0. The smallest absolute Gasteiger partial charge is 0.318 e. The first-order valence-electron chi connectivity index (χ1n) is 6.51. The summed E-state index contributed by atoms with van der Waals surface area (Å²) in [6.45, 7) is 1.97. The molecule has 1 aromatic heterocycles. The molecule has 2 heterocycles. The summed E-state index contributed by atoms with van der Waals surface area (Å²) in [5.74, 6) is 0. The number of nitrogens with two attached hydrogens (primary N) is 1. The highest BCUT2D eigenvalue weighted by atomic mass is 16.3. The number of nitrogens with zero attached hydrogens (tertiary/aromatic N) is 1. The molecule has 0 aliphatic carbocycles. The minimum atomic E-state index is -0.0243. The van der Waals surface area contributed by atoms with Gasteiger partial charge in [0.15, 0.2) is 0 Å². The first-order chi connectivity index (χ1) is 9.29. The Kier molecular flexibility index (Phi) is 3.13. The van der Waals surface area contributed by atoms with Gasteiger partial charge >= 0.3 is 6.03 Å². The Morgan fingerprint density at radius 3 is 3.11 bits per heavy atom.